The Morgan fingerprint density at radius 1 is 0.861 bits per heavy atom. The summed E-state index contributed by atoms with van der Waals surface area (Å²) >= 11 is 0. The SMILES string of the molecule is CC(C)CC(C)N(CC1=CC(C(C)(C)C)C(O)C(C(C)(C)C)C1)c1ccc(Nc2ccccc2)cc1. The quantitative estimate of drug-likeness (QED) is 0.363. The van der Waals surface area contributed by atoms with Gasteiger partial charge in [-0.2, -0.15) is 0 Å². The number of anilines is 3. The highest BCUT2D eigenvalue weighted by Gasteiger charge is 2.43. The average Bonchev–Trinajstić information content (AvgIpc) is 2.77. The van der Waals surface area contributed by atoms with Crippen LogP contribution in [0.15, 0.2) is 66.2 Å². The Labute approximate surface area is 221 Å². The average molecular weight is 491 g/mol. The first-order chi connectivity index (χ1) is 16.8. The maximum absolute atomic E-state index is 11.4. The summed E-state index contributed by atoms with van der Waals surface area (Å²) in [5, 5.41) is 14.9. The molecule has 1 aliphatic carbocycles. The van der Waals surface area contributed by atoms with E-state index in [1.54, 1.807) is 0 Å². The largest absolute Gasteiger partial charge is 0.392 e. The summed E-state index contributed by atoms with van der Waals surface area (Å²) in [4.78, 5) is 2.58. The van der Waals surface area contributed by atoms with Crippen LogP contribution in [0.4, 0.5) is 17.1 Å². The van der Waals surface area contributed by atoms with Crippen LogP contribution in [0, 0.1) is 28.6 Å². The van der Waals surface area contributed by atoms with Gasteiger partial charge in [-0.15, -0.1) is 0 Å². The molecule has 36 heavy (non-hydrogen) atoms. The van der Waals surface area contributed by atoms with E-state index in [9.17, 15) is 5.11 Å². The second kappa shape index (κ2) is 11.4. The number of nitrogens with zero attached hydrogens (tertiary/aromatic N) is 1. The van der Waals surface area contributed by atoms with Gasteiger partial charge in [0.1, 0.15) is 0 Å². The van der Waals surface area contributed by atoms with Gasteiger partial charge in [0.15, 0.2) is 0 Å². The van der Waals surface area contributed by atoms with Gasteiger partial charge < -0.3 is 15.3 Å². The molecule has 2 aromatic rings. The summed E-state index contributed by atoms with van der Waals surface area (Å²) in [6, 6.07) is 19.6. The number of para-hydroxylation sites is 1. The van der Waals surface area contributed by atoms with E-state index in [2.05, 4.69) is 127 Å². The Morgan fingerprint density at radius 3 is 1.97 bits per heavy atom. The predicted molar refractivity (Wildman–Crippen MR) is 157 cm³/mol. The first-order valence-corrected chi connectivity index (χ1v) is 13.8. The molecule has 1 aliphatic rings. The van der Waals surface area contributed by atoms with Crippen molar-refractivity contribution in [3.8, 4) is 0 Å². The fraction of sp³-hybridized carbons (Fsp3) is 0.576. The number of benzene rings is 2. The molecule has 3 nitrogen and oxygen atoms in total. The second-order valence-electron chi connectivity index (χ2n) is 13.5. The van der Waals surface area contributed by atoms with Crippen LogP contribution in [0.25, 0.3) is 0 Å². The molecule has 0 bridgehead atoms. The monoisotopic (exact) mass is 490 g/mol. The van der Waals surface area contributed by atoms with Crippen molar-refractivity contribution in [1.82, 2.24) is 0 Å². The summed E-state index contributed by atoms with van der Waals surface area (Å²) in [6.45, 7) is 21.5. The number of hydrogen-bond acceptors (Lipinski definition) is 3. The zero-order chi connectivity index (χ0) is 26.7. The molecule has 0 amide bonds. The molecule has 3 heteroatoms. The van der Waals surface area contributed by atoms with Crippen molar-refractivity contribution in [1.29, 1.82) is 0 Å². The maximum atomic E-state index is 11.4. The van der Waals surface area contributed by atoms with Crippen LogP contribution in [-0.4, -0.2) is 23.8 Å². The maximum Gasteiger partial charge on any atom is 0.0644 e. The van der Waals surface area contributed by atoms with E-state index in [4.69, 9.17) is 0 Å². The molecule has 2 N–H and O–H groups in total. The van der Waals surface area contributed by atoms with Crippen LogP contribution in [0.2, 0.25) is 0 Å². The number of aliphatic hydroxyl groups is 1. The van der Waals surface area contributed by atoms with Crippen molar-refractivity contribution in [3.63, 3.8) is 0 Å². The van der Waals surface area contributed by atoms with Gasteiger partial charge in [0.05, 0.1) is 6.10 Å². The van der Waals surface area contributed by atoms with Gasteiger partial charge in [0.25, 0.3) is 0 Å². The van der Waals surface area contributed by atoms with Gasteiger partial charge in [-0.25, -0.2) is 0 Å². The Kier molecular flexibility index (Phi) is 8.98. The summed E-state index contributed by atoms with van der Waals surface area (Å²) in [7, 11) is 0. The number of aliphatic hydroxyl groups excluding tert-OH is 1. The minimum atomic E-state index is -0.307. The minimum Gasteiger partial charge on any atom is -0.392 e. The molecule has 0 saturated carbocycles. The van der Waals surface area contributed by atoms with E-state index in [0.29, 0.717) is 12.0 Å². The lowest BCUT2D eigenvalue weighted by Crippen LogP contribution is -2.46. The zero-order valence-corrected chi connectivity index (χ0v) is 24.2. The van der Waals surface area contributed by atoms with Crippen LogP contribution < -0.4 is 10.2 Å². The van der Waals surface area contributed by atoms with Crippen LogP contribution in [0.5, 0.6) is 0 Å². The second-order valence-corrected chi connectivity index (χ2v) is 13.5. The van der Waals surface area contributed by atoms with Crippen molar-refractivity contribution in [2.24, 2.45) is 28.6 Å². The molecule has 0 aromatic heterocycles. The van der Waals surface area contributed by atoms with E-state index in [1.165, 1.54) is 11.3 Å². The summed E-state index contributed by atoms with van der Waals surface area (Å²) in [5.74, 6) is 1.04. The number of rotatable bonds is 8. The lowest BCUT2D eigenvalue weighted by molar-refractivity contribution is -0.0257. The van der Waals surface area contributed by atoms with Crippen molar-refractivity contribution < 1.29 is 5.11 Å². The highest BCUT2D eigenvalue weighted by atomic mass is 16.3. The molecule has 4 atom stereocenters. The van der Waals surface area contributed by atoms with Crippen LogP contribution >= 0.6 is 0 Å². The molecule has 198 valence electrons. The lowest BCUT2D eigenvalue weighted by atomic mass is 9.62. The van der Waals surface area contributed by atoms with E-state index < -0.39 is 0 Å². The van der Waals surface area contributed by atoms with Crippen molar-refractivity contribution in [3.05, 3.63) is 66.2 Å². The first-order valence-electron chi connectivity index (χ1n) is 13.8. The van der Waals surface area contributed by atoms with Crippen LogP contribution in [0.1, 0.15) is 75.2 Å². The highest BCUT2D eigenvalue weighted by molar-refractivity contribution is 5.63. The molecule has 2 aromatic carbocycles. The third kappa shape index (κ3) is 7.38. The topological polar surface area (TPSA) is 35.5 Å². The molecule has 0 heterocycles. The smallest absolute Gasteiger partial charge is 0.0644 e. The molecule has 0 radical (unpaired) electrons. The van der Waals surface area contributed by atoms with E-state index in [1.807, 2.05) is 6.07 Å². The molecular formula is C33H50N2O. The van der Waals surface area contributed by atoms with Crippen molar-refractivity contribution >= 4 is 17.1 Å². The summed E-state index contributed by atoms with van der Waals surface area (Å²) in [6.07, 6.45) is 4.20. The van der Waals surface area contributed by atoms with Gasteiger partial charge in [0, 0.05) is 35.6 Å². The van der Waals surface area contributed by atoms with E-state index in [-0.39, 0.29) is 28.8 Å². The molecule has 0 fully saturated rings. The Morgan fingerprint density at radius 2 is 1.44 bits per heavy atom. The third-order valence-corrected chi connectivity index (χ3v) is 7.77. The van der Waals surface area contributed by atoms with Crippen molar-refractivity contribution in [2.75, 3.05) is 16.8 Å². The van der Waals surface area contributed by atoms with Gasteiger partial charge in [-0.05, 0) is 78.8 Å². The van der Waals surface area contributed by atoms with E-state index >= 15 is 0 Å². The minimum absolute atomic E-state index is 0.0215. The van der Waals surface area contributed by atoms with Crippen molar-refractivity contribution in [2.45, 2.75) is 87.3 Å². The Hall–Kier alpha value is -2.26. The molecule has 0 spiro atoms. The first kappa shape index (κ1) is 28.3. The Balaban J connectivity index is 1.90. The molecule has 3 rings (SSSR count). The fourth-order valence-corrected chi connectivity index (χ4v) is 5.73. The summed E-state index contributed by atoms with van der Waals surface area (Å²) in [5.41, 5.74) is 5.00. The van der Waals surface area contributed by atoms with Gasteiger partial charge in [-0.3, -0.25) is 0 Å². The standard InChI is InChI=1S/C33H50N2O/c1-23(2)19-24(3)35(28-17-15-27(16-18-28)34-26-13-11-10-12-14-26)22-25-20-29(32(4,5)6)31(36)30(21-25)33(7,8)9/h10-18,20,23-24,29-31,34,36H,19,21-22H2,1-9H3. The lowest BCUT2D eigenvalue weighted by Gasteiger charge is -2.46. The van der Waals surface area contributed by atoms with Gasteiger partial charge in [0.2, 0.25) is 0 Å². The van der Waals surface area contributed by atoms with Gasteiger partial charge in [-0.1, -0.05) is 85.2 Å². The Bertz CT molecular complexity index is 979. The van der Waals surface area contributed by atoms with E-state index in [0.717, 1.165) is 30.8 Å². The predicted octanol–water partition coefficient (Wildman–Crippen LogP) is 8.69. The van der Waals surface area contributed by atoms with Crippen LogP contribution in [0.3, 0.4) is 0 Å². The summed E-state index contributed by atoms with van der Waals surface area (Å²) < 4.78 is 0. The highest BCUT2D eigenvalue weighted by Crippen LogP contribution is 2.46. The molecular weight excluding hydrogens is 440 g/mol. The zero-order valence-electron chi connectivity index (χ0n) is 24.2. The van der Waals surface area contributed by atoms with Crippen LogP contribution in [-0.2, 0) is 0 Å². The normalized spacial score (nSPS) is 21.8. The molecule has 0 saturated heterocycles. The third-order valence-electron chi connectivity index (χ3n) is 7.77. The van der Waals surface area contributed by atoms with Gasteiger partial charge >= 0.3 is 0 Å². The fourth-order valence-electron chi connectivity index (χ4n) is 5.73. The molecule has 4 unspecified atom stereocenters. The molecule has 0 aliphatic heterocycles. The number of nitrogens with one attached hydrogen (secondary N) is 1. The number of hydrogen-bond donors (Lipinski definition) is 2.